The molecule has 0 aliphatic carbocycles. The van der Waals surface area contributed by atoms with E-state index in [0.717, 1.165) is 16.6 Å². The lowest BCUT2D eigenvalue weighted by Gasteiger charge is -2.17. The van der Waals surface area contributed by atoms with E-state index in [1.165, 1.54) is 6.26 Å². The van der Waals surface area contributed by atoms with Gasteiger partial charge in [0.15, 0.2) is 0 Å². The fraction of sp³-hybridized carbons (Fsp3) is 0.263. The number of aryl methyl sites for hydroxylation is 1. The lowest BCUT2D eigenvalue weighted by molar-refractivity contribution is 0.0903. The van der Waals surface area contributed by atoms with Gasteiger partial charge in [-0.2, -0.15) is 0 Å². The first-order valence-electron chi connectivity index (χ1n) is 7.92. The van der Waals surface area contributed by atoms with E-state index in [4.69, 9.17) is 4.42 Å². The zero-order chi connectivity index (χ0) is 17.1. The molecule has 3 rings (SSSR count). The summed E-state index contributed by atoms with van der Waals surface area (Å²) in [5, 5.41) is 13.9. The molecule has 0 saturated heterocycles. The van der Waals surface area contributed by atoms with Gasteiger partial charge in [-0.3, -0.25) is 9.78 Å². The second kappa shape index (κ2) is 6.84. The minimum Gasteiger partial charge on any atom is -0.467 e. The smallest absolute Gasteiger partial charge is 0.251 e. The number of amides is 1. The summed E-state index contributed by atoms with van der Waals surface area (Å²) in [6.45, 7) is 3.79. The van der Waals surface area contributed by atoms with Crippen molar-refractivity contribution in [2.24, 2.45) is 0 Å². The van der Waals surface area contributed by atoms with Crippen LogP contribution in [-0.4, -0.2) is 22.0 Å². The van der Waals surface area contributed by atoms with Crippen LogP contribution in [0.25, 0.3) is 10.9 Å². The van der Waals surface area contributed by atoms with Crippen molar-refractivity contribution < 1.29 is 14.3 Å². The highest BCUT2D eigenvalue weighted by Gasteiger charge is 2.17. The first-order chi connectivity index (χ1) is 11.5. The molecule has 2 atom stereocenters. The molecule has 2 N–H and O–H groups in total. The Kier molecular flexibility index (Phi) is 4.62. The summed E-state index contributed by atoms with van der Waals surface area (Å²) in [6, 6.07) is 12.6. The van der Waals surface area contributed by atoms with E-state index in [0.29, 0.717) is 17.7 Å². The Balaban J connectivity index is 1.66. The lowest BCUT2D eigenvalue weighted by Crippen LogP contribution is -2.33. The predicted octanol–water partition coefficient (Wildman–Crippen LogP) is 3.38. The summed E-state index contributed by atoms with van der Waals surface area (Å²) in [4.78, 5) is 16.8. The van der Waals surface area contributed by atoms with Crippen molar-refractivity contribution in [3.63, 3.8) is 0 Å². The Morgan fingerprint density at radius 1 is 1.29 bits per heavy atom. The normalized spacial score (nSPS) is 13.6. The average Bonchev–Trinajstić information content (AvgIpc) is 3.08. The van der Waals surface area contributed by atoms with Crippen molar-refractivity contribution in [1.29, 1.82) is 0 Å². The molecule has 0 aliphatic rings. The maximum absolute atomic E-state index is 12.4. The van der Waals surface area contributed by atoms with E-state index in [9.17, 15) is 9.90 Å². The Bertz CT molecular complexity index is 843. The van der Waals surface area contributed by atoms with Crippen LogP contribution in [0.4, 0.5) is 0 Å². The molecule has 0 aliphatic heterocycles. The number of furan rings is 1. The van der Waals surface area contributed by atoms with Gasteiger partial charge in [0.25, 0.3) is 5.91 Å². The third-order valence-corrected chi connectivity index (χ3v) is 3.92. The maximum Gasteiger partial charge on any atom is 0.251 e. The van der Waals surface area contributed by atoms with E-state index in [-0.39, 0.29) is 11.9 Å². The number of hydrogen-bond donors (Lipinski definition) is 2. The molecule has 0 saturated carbocycles. The number of fused-ring (bicyclic) bond motifs is 1. The molecular weight excluding hydrogens is 304 g/mol. The van der Waals surface area contributed by atoms with Crippen LogP contribution in [0, 0.1) is 6.92 Å². The van der Waals surface area contributed by atoms with Gasteiger partial charge < -0.3 is 14.8 Å². The topological polar surface area (TPSA) is 75.4 Å². The van der Waals surface area contributed by atoms with Crippen molar-refractivity contribution in [3.05, 3.63) is 65.7 Å². The minimum absolute atomic E-state index is 0.170. The Morgan fingerprint density at radius 3 is 2.88 bits per heavy atom. The van der Waals surface area contributed by atoms with Gasteiger partial charge in [0.05, 0.1) is 11.8 Å². The molecule has 2 heterocycles. The number of carbonyl (C=O) groups excluding carboxylic acids is 1. The van der Waals surface area contributed by atoms with Gasteiger partial charge in [-0.25, -0.2) is 0 Å². The molecule has 5 nitrogen and oxygen atoms in total. The molecule has 1 amide bonds. The molecule has 0 spiro atoms. The van der Waals surface area contributed by atoms with Crippen LogP contribution in [0.3, 0.4) is 0 Å². The van der Waals surface area contributed by atoms with Gasteiger partial charge in [0.1, 0.15) is 11.9 Å². The molecule has 2 aromatic heterocycles. The second-order valence-electron chi connectivity index (χ2n) is 6.00. The molecule has 24 heavy (non-hydrogen) atoms. The van der Waals surface area contributed by atoms with Crippen LogP contribution in [0.5, 0.6) is 0 Å². The minimum atomic E-state index is -0.737. The molecule has 124 valence electrons. The molecule has 1 aromatic carbocycles. The monoisotopic (exact) mass is 324 g/mol. The highest BCUT2D eigenvalue weighted by Crippen LogP contribution is 2.19. The molecule has 0 fully saturated rings. The highest BCUT2D eigenvalue weighted by molar-refractivity contribution is 5.98. The molecule has 3 aromatic rings. The summed E-state index contributed by atoms with van der Waals surface area (Å²) in [5.41, 5.74) is 2.39. The van der Waals surface area contributed by atoms with Crippen LogP contribution in [0.2, 0.25) is 0 Å². The number of aliphatic hydroxyl groups excluding tert-OH is 1. The fourth-order valence-corrected chi connectivity index (χ4v) is 2.67. The van der Waals surface area contributed by atoms with Crippen LogP contribution in [-0.2, 0) is 0 Å². The third kappa shape index (κ3) is 3.63. The average molecular weight is 324 g/mol. The van der Waals surface area contributed by atoms with E-state index in [1.54, 1.807) is 18.2 Å². The number of nitrogens with one attached hydrogen (secondary N) is 1. The van der Waals surface area contributed by atoms with Gasteiger partial charge >= 0.3 is 0 Å². The fourth-order valence-electron chi connectivity index (χ4n) is 2.67. The molecule has 0 radical (unpaired) electrons. The predicted molar refractivity (Wildman–Crippen MR) is 91.7 cm³/mol. The number of pyridine rings is 1. The van der Waals surface area contributed by atoms with Gasteiger partial charge in [-0.05, 0) is 50.2 Å². The van der Waals surface area contributed by atoms with E-state index in [2.05, 4.69) is 10.3 Å². The number of benzene rings is 1. The highest BCUT2D eigenvalue weighted by atomic mass is 16.4. The summed E-state index contributed by atoms with van der Waals surface area (Å²) >= 11 is 0. The molecule has 5 heteroatoms. The second-order valence-corrected chi connectivity index (χ2v) is 6.00. The summed E-state index contributed by atoms with van der Waals surface area (Å²) in [7, 11) is 0. The zero-order valence-electron chi connectivity index (χ0n) is 13.7. The van der Waals surface area contributed by atoms with Crippen LogP contribution >= 0.6 is 0 Å². The first-order valence-corrected chi connectivity index (χ1v) is 7.92. The van der Waals surface area contributed by atoms with Gasteiger partial charge in [-0.15, -0.1) is 0 Å². The number of hydrogen-bond acceptors (Lipinski definition) is 4. The van der Waals surface area contributed by atoms with Crippen molar-refractivity contribution in [1.82, 2.24) is 10.3 Å². The number of aliphatic hydroxyl groups is 1. The summed E-state index contributed by atoms with van der Waals surface area (Å²) in [5.74, 6) is 0.333. The number of aromatic nitrogens is 1. The quantitative estimate of drug-likeness (QED) is 0.754. The lowest BCUT2D eigenvalue weighted by atomic mass is 10.1. The van der Waals surface area contributed by atoms with Crippen LogP contribution < -0.4 is 5.32 Å². The van der Waals surface area contributed by atoms with Crippen molar-refractivity contribution in [3.8, 4) is 0 Å². The summed E-state index contributed by atoms with van der Waals surface area (Å²) in [6.07, 6.45) is 1.17. The Morgan fingerprint density at radius 2 is 2.12 bits per heavy atom. The largest absolute Gasteiger partial charge is 0.467 e. The number of carbonyl (C=O) groups is 1. The van der Waals surface area contributed by atoms with Gasteiger partial charge in [0, 0.05) is 29.1 Å². The van der Waals surface area contributed by atoms with E-state index < -0.39 is 6.10 Å². The number of nitrogens with zero attached hydrogens (tertiary/aromatic N) is 1. The molecule has 0 unspecified atom stereocenters. The first kappa shape index (κ1) is 16.2. The van der Waals surface area contributed by atoms with Gasteiger partial charge in [-0.1, -0.05) is 6.07 Å². The molecular formula is C19H20N2O3. The SMILES string of the molecule is Cc1ccc2cc(C(=O)N[C@@H](C)C[C@@H](O)c3ccco3)ccc2n1. The van der Waals surface area contributed by atoms with Crippen molar-refractivity contribution in [2.75, 3.05) is 0 Å². The van der Waals surface area contributed by atoms with E-state index >= 15 is 0 Å². The zero-order valence-corrected chi connectivity index (χ0v) is 13.7. The third-order valence-electron chi connectivity index (χ3n) is 3.92. The Labute approximate surface area is 140 Å². The van der Waals surface area contributed by atoms with Crippen molar-refractivity contribution in [2.45, 2.75) is 32.4 Å². The van der Waals surface area contributed by atoms with Crippen molar-refractivity contribution >= 4 is 16.8 Å². The van der Waals surface area contributed by atoms with Gasteiger partial charge in [0.2, 0.25) is 0 Å². The molecule has 0 bridgehead atoms. The van der Waals surface area contributed by atoms with Crippen LogP contribution in [0.15, 0.2) is 53.1 Å². The van der Waals surface area contributed by atoms with Crippen LogP contribution in [0.1, 0.15) is 41.3 Å². The Hall–Kier alpha value is -2.66. The summed E-state index contributed by atoms with van der Waals surface area (Å²) < 4.78 is 5.17. The maximum atomic E-state index is 12.4. The standard InChI is InChI=1S/C19H20N2O3/c1-12-5-6-14-11-15(7-8-16(14)20-12)19(23)21-13(2)10-17(22)18-4-3-9-24-18/h3-9,11,13,17,22H,10H2,1-2H3,(H,21,23)/t13-,17+/m0/s1. The number of rotatable bonds is 5. The van der Waals surface area contributed by atoms with E-state index in [1.807, 2.05) is 38.1 Å².